The molecule has 0 bridgehead atoms. The van der Waals surface area contributed by atoms with Gasteiger partial charge in [-0.3, -0.25) is 0 Å². The van der Waals surface area contributed by atoms with Gasteiger partial charge in [0.15, 0.2) is 12.7 Å². The molecule has 0 aliphatic rings. The van der Waals surface area contributed by atoms with Crippen molar-refractivity contribution in [1.29, 1.82) is 0 Å². The Morgan fingerprint density at radius 1 is 1.50 bits per heavy atom. The zero-order valence-electron chi connectivity index (χ0n) is 6.07. The molecule has 2 heteroatoms. The maximum Gasteiger partial charge on any atom is 0.196 e. The molecular formula is C8H11N2+. The molecular weight excluding hydrogens is 124 g/mol. The van der Waals surface area contributed by atoms with Crippen molar-refractivity contribution in [1.82, 2.24) is 5.10 Å². The molecule has 0 amide bonds. The minimum atomic E-state index is 0.858. The Morgan fingerprint density at radius 3 is 3.00 bits per heavy atom. The summed E-state index contributed by atoms with van der Waals surface area (Å²) >= 11 is 0. The second kappa shape index (κ2) is 3.77. The van der Waals surface area contributed by atoms with Crippen LogP contribution in [0.1, 0.15) is 6.92 Å². The van der Waals surface area contributed by atoms with E-state index in [0.29, 0.717) is 0 Å². The molecule has 0 unspecified atom stereocenters. The molecule has 2 nitrogen and oxygen atoms in total. The number of aromatic nitrogens is 2. The van der Waals surface area contributed by atoms with Crippen LogP contribution >= 0.6 is 0 Å². The Morgan fingerprint density at radius 2 is 2.40 bits per heavy atom. The van der Waals surface area contributed by atoms with Crippen molar-refractivity contribution in [3.8, 4) is 0 Å². The van der Waals surface area contributed by atoms with Crippen LogP contribution in [0.25, 0.3) is 0 Å². The van der Waals surface area contributed by atoms with E-state index in [2.05, 4.69) is 11.2 Å². The smallest absolute Gasteiger partial charge is 0.0876 e. The summed E-state index contributed by atoms with van der Waals surface area (Å²) in [6.07, 6.45) is 7.80. The van der Waals surface area contributed by atoms with Gasteiger partial charge in [0.1, 0.15) is 0 Å². The first-order valence-corrected chi connectivity index (χ1v) is 3.35. The third-order valence-electron chi connectivity index (χ3n) is 1.20. The van der Waals surface area contributed by atoms with Crippen LogP contribution < -0.4 is 4.68 Å². The van der Waals surface area contributed by atoms with Gasteiger partial charge in [-0.1, -0.05) is 10.8 Å². The number of hydrogen-bond acceptors (Lipinski definition) is 1. The maximum atomic E-state index is 4.08. The van der Waals surface area contributed by atoms with Crippen molar-refractivity contribution in [2.24, 2.45) is 0 Å². The van der Waals surface area contributed by atoms with E-state index < -0.39 is 0 Å². The predicted octanol–water partition coefficient (Wildman–Crippen LogP) is 0.945. The monoisotopic (exact) mass is 135 g/mol. The van der Waals surface area contributed by atoms with Gasteiger partial charge in [0.25, 0.3) is 0 Å². The van der Waals surface area contributed by atoms with E-state index in [9.17, 15) is 0 Å². The lowest BCUT2D eigenvalue weighted by Crippen LogP contribution is -2.35. The number of rotatable bonds is 2. The molecule has 0 fully saturated rings. The largest absolute Gasteiger partial charge is 0.196 e. The molecule has 0 saturated carbocycles. The predicted molar refractivity (Wildman–Crippen MR) is 39.2 cm³/mol. The van der Waals surface area contributed by atoms with E-state index in [-0.39, 0.29) is 0 Å². The van der Waals surface area contributed by atoms with Gasteiger partial charge in [-0.25, -0.2) is 0 Å². The van der Waals surface area contributed by atoms with Gasteiger partial charge in [-0.15, -0.1) is 0 Å². The molecule has 1 aromatic heterocycles. The highest BCUT2D eigenvalue weighted by Crippen LogP contribution is 1.73. The molecule has 0 radical (unpaired) electrons. The normalized spacial score (nSPS) is 10.5. The van der Waals surface area contributed by atoms with Crippen molar-refractivity contribution >= 4 is 0 Å². The third kappa shape index (κ3) is 1.97. The summed E-state index contributed by atoms with van der Waals surface area (Å²) in [5.74, 6) is 0. The zero-order chi connectivity index (χ0) is 7.23. The molecule has 0 aliphatic heterocycles. The standard InChI is InChI=1S/C8H11N2/c1-2-3-7-10-8-5-4-6-9-10/h2-6,8H,7H2,1H3/q+1. The molecule has 1 rings (SSSR count). The highest BCUT2D eigenvalue weighted by Gasteiger charge is 1.91. The molecule has 0 aliphatic carbocycles. The SMILES string of the molecule is CC=CC[n+]1ccccn1. The van der Waals surface area contributed by atoms with Crippen molar-refractivity contribution in [3.63, 3.8) is 0 Å². The second-order valence-corrected chi connectivity index (χ2v) is 1.99. The van der Waals surface area contributed by atoms with E-state index in [4.69, 9.17) is 0 Å². The van der Waals surface area contributed by atoms with Crippen LogP contribution in [0.15, 0.2) is 36.7 Å². The summed E-state index contributed by atoms with van der Waals surface area (Å²) in [6.45, 7) is 2.86. The summed E-state index contributed by atoms with van der Waals surface area (Å²) in [5.41, 5.74) is 0. The van der Waals surface area contributed by atoms with Gasteiger partial charge in [0.05, 0.1) is 6.20 Å². The van der Waals surface area contributed by atoms with Crippen LogP contribution in [0.5, 0.6) is 0 Å². The second-order valence-electron chi connectivity index (χ2n) is 1.99. The minimum absolute atomic E-state index is 0.858. The van der Waals surface area contributed by atoms with Gasteiger partial charge in [0.2, 0.25) is 0 Å². The van der Waals surface area contributed by atoms with Crippen LogP contribution in [0.3, 0.4) is 0 Å². The lowest BCUT2D eigenvalue weighted by Gasteiger charge is -1.84. The van der Waals surface area contributed by atoms with Gasteiger partial charge < -0.3 is 0 Å². The van der Waals surface area contributed by atoms with Gasteiger partial charge >= 0.3 is 0 Å². The average Bonchev–Trinajstić information content (AvgIpc) is 2.03. The quantitative estimate of drug-likeness (QED) is 0.435. The molecule has 1 heterocycles. The Bertz CT molecular complexity index is 204. The summed E-state index contributed by atoms with van der Waals surface area (Å²) in [5, 5.41) is 4.08. The highest BCUT2D eigenvalue weighted by atomic mass is 15.2. The Hall–Kier alpha value is -1.18. The van der Waals surface area contributed by atoms with E-state index in [0.717, 1.165) is 6.54 Å². The molecule has 0 spiro atoms. The Balaban J connectivity index is 2.59. The van der Waals surface area contributed by atoms with Crippen LogP contribution in [-0.2, 0) is 6.54 Å². The number of allylic oxidation sites excluding steroid dienone is 2. The molecule has 0 saturated heterocycles. The first kappa shape index (κ1) is 6.93. The fourth-order valence-electron chi connectivity index (χ4n) is 0.683. The topological polar surface area (TPSA) is 16.8 Å². The fraction of sp³-hybridized carbons (Fsp3) is 0.250. The lowest BCUT2D eigenvalue weighted by molar-refractivity contribution is -0.745. The minimum Gasteiger partial charge on any atom is -0.0876 e. The van der Waals surface area contributed by atoms with Gasteiger partial charge in [-0.2, -0.15) is 0 Å². The summed E-state index contributed by atoms with van der Waals surface area (Å²) < 4.78 is 1.88. The van der Waals surface area contributed by atoms with E-state index in [1.54, 1.807) is 6.20 Å². The molecule has 0 aromatic carbocycles. The molecule has 0 N–H and O–H groups in total. The number of nitrogens with zero attached hydrogens (tertiary/aromatic N) is 2. The Labute approximate surface area is 60.8 Å². The third-order valence-corrected chi connectivity index (χ3v) is 1.20. The van der Waals surface area contributed by atoms with E-state index in [1.807, 2.05) is 36.0 Å². The summed E-state index contributed by atoms with van der Waals surface area (Å²) in [6, 6.07) is 3.88. The number of hydrogen-bond donors (Lipinski definition) is 0. The first-order chi connectivity index (χ1) is 4.93. The van der Waals surface area contributed by atoms with E-state index in [1.165, 1.54) is 0 Å². The highest BCUT2D eigenvalue weighted by molar-refractivity contribution is 4.78. The fourth-order valence-corrected chi connectivity index (χ4v) is 0.683. The molecule has 0 atom stereocenters. The van der Waals surface area contributed by atoms with Gasteiger partial charge in [0, 0.05) is 6.07 Å². The molecule has 52 valence electrons. The lowest BCUT2D eigenvalue weighted by atomic mass is 10.5. The van der Waals surface area contributed by atoms with Crippen LogP contribution in [0, 0.1) is 0 Å². The van der Waals surface area contributed by atoms with Crippen molar-refractivity contribution in [2.45, 2.75) is 13.5 Å². The average molecular weight is 135 g/mol. The van der Waals surface area contributed by atoms with Gasteiger partial charge in [-0.05, 0) is 24.2 Å². The Kier molecular flexibility index (Phi) is 2.62. The van der Waals surface area contributed by atoms with E-state index >= 15 is 0 Å². The van der Waals surface area contributed by atoms with Crippen LogP contribution in [0.2, 0.25) is 0 Å². The van der Waals surface area contributed by atoms with Crippen molar-refractivity contribution in [3.05, 3.63) is 36.7 Å². The molecule has 10 heavy (non-hydrogen) atoms. The van der Waals surface area contributed by atoms with Crippen molar-refractivity contribution in [2.75, 3.05) is 0 Å². The summed E-state index contributed by atoms with van der Waals surface area (Å²) in [7, 11) is 0. The van der Waals surface area contributed by atoms with Crippen molar-refractivity contribution < 1.29 is 4.68 Å². The summed E-state index contributed by atoms with van der Waals surface area (Å²) in [4.78, 5) is 0. The first-order valence-electron chi connectivity index (χ1n) is 3.35. The van der Waals surface area contributed by atoms with Crippen LogP contribution in [0.4, 0.5) is 0 Å². The molecule has 1 aromatic rings. The zero-order valence-corrected chi connectivity index (χ0v) is 6.07. The maximum absolute atomic E-state index is 4.08. The van der Waals surface area contributed by atoms with Crippen LogP contribution in [-0.4, -0.2) is 5.10 Å².